The minimum absolute atomic E-state index is 0.166. The van der Waals surface area contributed by atoms with Crippen LogP contribution in [0.3, 0.4) is 0 Å². The number of anilines is 1. The highest BCUT2D eigenvalue weighted by Gasteiger charge is 2.09. The Hall–Kier alpha value is -2.19. The maximum absolute atomic E-state index is 12.0. The van der Waals surface area contributed by atoms with Gasteiger partial charge in [-0.05, 0) is 24.3 Å². The molecule has 122 valence electrons. The molecule has 8 heteroatoms. The smallest absolute Gasteiger partial charge is 0.327 e. The van der Waals surface area contributed by atoms with E-state index in [-0.39, 0.29) is 5.69 Å². The maximum atomic E-state index is 12.0. The molecule has 3 aromatic heterocycles. The van der Waals surface area contributed by atoms with Crippen LogP contribution in [0, 0.1) is 0 Å². The second-order valence-corrected chi connectivity index (χ2v) is 6.15. The maximum Gasteiger partial charge on any atom is 0.327 e. The number of H-pyrrole nitrogens is 1. The van der Waals surface area contributed by atoms with Crippen LogP contribution < -0.4 is 11.0 Å². The molecule has 7 nitrogen and oxygen atoms in total. The van der Waals surface area contributed by atoms with Crippen molar-refractivity contribution in [2.45, 2.75) is 19.4 Å². The largest absolute Gasteiger partial charge is 0.385 e. The van der Waals surface area contributed by atoms with E-state index >= 15 is 0 Å². The zero-order valence-corrected chi connectivity index (χ0v) is 13.7. The molecule has 3 aromatic rings. The van der Waals surface area contributed by atoms with Crippen LogP contribution in [0.2, 0.25) is 0 Å². The van der Waals surface area contributed by atoms with E-state index in [1.165, 1.54) is 4.88 Å². The molecule has 23 heavy (non-hydrogen) atoms. The van der Waals surface area contributed by atoms with Crippen molar-refractivity contribution in [2.75, 3.05) is 25.6 Å². The van der Waals surface area contributed by atoms with Crippen molar-refractivity contribution in [3.63, 3.8) is 0 Å². The summed E-state index contributed by atoms with van der Waals surface area (Å²) < 4.78 is 6.66. The van der Waals surface area contributed by atoms with Crippen LogP contribution in [0.5, 0.6) is 0 Å². The third-order valence-corrected chi connectivity index (χ3v) is 4.41. The molecule has 3 heterocycles. The van der Waals surface area contributed by atoms with Gasteiger partial charge in [-0.15, -0.1) is 11.3 Å². The van der Waals surface area contributed by atoms with E-state index in [9.17, 15) is 4.79 Å². The molecule has 0 aliphatic rings. The average molecular weight is 333 g/mol. The van der Waals surface area contributed by atoms with Gasteiger partial charge >= 0.3 is 5.69 Å². The molecule has 3 rings (SSSR count). The number of hydrogen-bond donors (Lipinski definition) is 2. The number of rotatable bonds is 8. The van der Waals surface area contributed by atoms with Crippen molar-refractivity contribution in [1.82, 2.24) is 19.5 Å². The fourth-order valence-electron chi connectivity index (χ4n) is 2.36. The first-order chi connectivity index (χ1) is 11.3. The number of nitrogens with one attached hydrogen (secondary N) is 2. The quantitative estimate of drug-likeness (QED) is 0.615. The predicted octanol–water partition coefficient (Wildman–Crippen LogP) is 1.87. The summed E-state index contributed by atoms with van der Waals surface area (Å²) in [7, 11) is 1.65. The highest BCUT2D eigenvalue weighted by Crippen LogP contribution is 2.11. The van der Waals surface area contributed by atoms with Gasteiger partial charge in [0.25, 0.3) is 0 Å². The number of thiophene rings is 1. The fourth-order valence-corrected chi connectivity index (χ4v) is 3.07. The summed E-state index contributed by atoms with van der Waals surface area (Å²) in [5.74, 6) is 0.536. The van der Waals surface area contributed by atoms with Gasteiger partial charge in [-0.3, -0.25) is 4.57 Å². The Kier molecular flexibility index (Phi) is 5.04. The number of nitrogens with zero attached hydrogens (tertiary/aromatic N) is 3. The molecular formula is C15H19N5O2S. The topological polar surface area (TPSA) is 84.8 Å². The summed E-state index contributed by atoms with van der Waals surface area (Å²) in [4.78, 5) is 24.8. The standard InChI is InChI=1S/C15H19N5O2S/c1-22-8-3-7-20-13-12(18-15(20)21)10-17-14(19-13)16-6-5-11-4-2-9-23-11/h2,4,9-10H,3,5-8H2,1H3,(H,18,21)(H,16,17,19). The van der Waals surface area contributed by atoms with E-state index in [1.807, 2.05) is 6.07 Å². The van der Waals surface area contributed by atoms with Gasteiger partial charge in [-0.1, -0.05) is 6.07 Å². The van der Waals surface area contributed by atoms with Crippen LogP contribution in [-0.4, -0.2) is 39.8 Å². The minimum Gasteiger partial charge on any atom is -0.385 e. The van der Waals surface area contributed by atoms with Gasteiger partial charge in [0.1, 0.15) is 5.52 Å². The third kappa shape index (κ3) is 3.77. The molecule has 0 unspecified atom stereocenters. The number of aromatic nitrogens is 4. The van der Waals surface area contributed by atoms with Crippen molar-refractivity contribution in [1.29, 1.82) is 0 Å². The van der Waals surface area contributed by atoms with E-state index in [0.717, 1.165) is 19.4 Å². The fraction of sp³-hybridized carbons (Fsp3) is 0.400. The van der Waals surface area contributed by atoms with Gasteiger partial charge in [0, 0.05) is 31.7 Å². The number of ether oxygens (including phenoxy) is 1. The van der Waals surface area contributed by atoms with Crippen LogP contribution in [-0.2, 0) is 17.7 Å². The van der Waals surface area contributed by atoms with Crippen LogP contribution >= 0.6 is 11.3 Å². The van der Waals surface area contributed by atoms with Gasteiger partial charge in [0.2, 0.25) is 5.95 Å². The summed E-state index contributed by atoms with van der Waals surface area (Å²) in [5, 5.41) is 5.28. The van der Waals surface area contributed by atoms with Crippen LogP contribution in [0.25, 0.3) is 11.2 Å². The van der Waals surface area contributed by atoms with Crippen LogP contribution in [0.1, 0.15) is 11.3 Å². The molecule has 0 aliphatic carbocycles. The Morgan fingerprint density at radius 3 is 3.17 bits per heavy atom. The molecule has 0 atom stereocenters. The molecule has 0 bridgehead atoms. The predicted molar refractivity (Wildman–Crippen MR) is 91.2 cm³/mol. The second kappa shape index (κ2) is 7.38. The normalized spacial score (nSPS) is 11.2. The first-order valence-electron chi connectivity index (χ1n) is 7.48. The van der Waals surface area contributed by atoms with Crippen LogP contribution in [0.4, 0.5) is 5.95 Å². The Morgan fingerprint density at radius 1 is 1.48 bits per heavy atom. The van der Waals surface area contributed by atoms with E-state index < -0.39 is 0 Å². The summed E-state index contributed by atoms with van der Waals surface area (Å²) in [5.41, 5.74) is 1.11. The van der Waals surface area contributed by atoms with Gasteiger partial charge in [-0.25, -0.2) is 9.78 Å². The summed E-state index contributed by atoms with van der Waals surface area (Å²) in [6.45, 7) is 1.93. The van der Waals surface area contributed by atoms with Crippen LogP contribution in [0.15, 0.2) is 28.5 Å². The van der Waals surface area contributed by atoms with E-state index in [2.05, 4.69) is 31.7 Å². The molecule has 0 fully saturated rings. The van der Waals surface area contributed by atoms with Gasteiger partial charge < -0.3 is 15.0 Å². The molecule has 0 aliphatic heterocycles. The molecule has 0 spiro atoms. The Bertz CT molecular complexity index is 809. The highest BCUT2D eigenvalue weighted by molar-refractivity contribution is 7.09. The van der Waals surface area contributed by atoms with Crippen molar-refractivity contribution in [2.24, 2.45) is 0 Å². The van der Waals surface area contributed by atoms with Gasteiger partial charge in [0.15, 0.2) is 5.65 Å². The molecule has 0 aromatic carbocycles. The molecule has 0 radical (unpaired) electrons. The number of fused-ring (bicyclic) bond motifs is 1. The molecule has 2 N–H and O–H groups in total. The number of methoxy groups -OCH3 is 1. The Morgan fingerprint density at radius 2 is 2.39 bits per heavy atom. The number of aryl methyl sites for hydroxylation is 1. The average Bonchev–Trinajstić information content (AvgIpc) is 3.16. The monoisotopic (exact) mass is 333 g/mol. The van der Waals surface area contributed by atoms with Gasteiger partial charge in [0.05, 0.1) is 6.20 Å². The Balaban J connectivity index is 1.71. The lowest BCUT2D eigenvalue weighted by molar-refractivity contribution is 0.190. The summed E-state index contributed by atoms with van der Waals surface area (Å²) in [6.07, 6.45) is 3.32. The molecule has 0 saturated heterocycles. The number of aromatic amines is 1. The highest BCUT2D eigenvalue weighted by atomic mass is 32.1. The number of imidazole rings is 1. The minimum atomic E-state index is -0.166. The van der Waals surface area contributed by atoms with E-state index in [4.69, 9.17) is 4.74 Å². The SMILES string of the molecule is COCCCn1c(=O)[nH]c2cnc(NCCc3cccs3)nc21. The zero-order valence-electron chi connectivity index (χ0n) is 12.9. The first kappa shape index (κ1) is 15.7. The van der Waals surface area contributed by atoms with Gasteiger partial charge in [-0.2, -0.15) is 4.98 Å². The first-order valence-corrected chi connectivity index (χ1v) is 8.36. The lowest BCUT2D eigenvalue weighted by atomic mass is 10.3. The summed E-state index contributed by atoms with van der Waals surface area (Å²) >= 11 is 1.73. The summed E-state index contributed by atoms with van der Waals surface area (Å²) in [6, 6.07) is 4.15. The lowest BCUT2D eigenvalue weighted by Gasteiger charge is -2.05. The van der Waals surface area contributed by atoms with Crippen molar-refractivity contribution in [3.05, 3.63) is 39.1 Å². The second-order valence-electron chi connectivity index (χ2n) is 5.12. The molecule has 0 amide bonds. The zero-order chi connectivity index (χ0) is 16.1. The van der Waals surface area contributed by atoms with Crippen molar-refractivity contribution in [3.8, 4) is 0 Å². The van der Waals surface area contributed by atoms with E-state index in [0.29, 0.717) is 30.3 Å². The molecular weight excluding hydrogens is 314 g/mol. The number of hydrogen-bond acceptors (Lipinski definition) is 6. The van der Waals surface area contributed by atoms with E-state index in [1.54, 1.807) is 29.2 Å². The lowest BCUT2D eigenvalue weighted by Crippen LogP contribution is -2.18. The Labute approximate surface area is 137 Å². The third-order valence-electron chi connectivity index (χ3n) is 3.48. The van der Waals surface area contributed by atoms with Crippen molar-refractivity contribution >= 4 is 28.4 Å². The van der Waals surface area contributed by atoms with Crippen molar-refractivity contribution < 1.29 is 4.74 Å². The molecule has 0 saturated carbocycles.